The molecule has 2 amide bonds. The summed E-state index contributed by atoms with van der Waals surface area (Å²) in [4.78, 5) is 39.1. The number of nitrogens with zero attached hydrogens (tertiary/aromatic N) is 1. The molecule has 1 saturated heterocycles. The Morgan fingerprint density at radius 3 is 2.67 bits per heavy atom. The summed E-state index contributed by atoms with van der Waals surface area (Å²) in [5.41, 5.74) is 2.59. The van der Waals surface area contributed by atoms with Gasteiger partial charge in [0.15, 0.2) is 11.5 Å². The Hall–Kier alpha value is -3.78. The van der Waals surface area contributed by atoms with Gasteiger partial charge in [0.1, 0.15) is 0 Å². The fraction of sp³-hybridized carbons (Fsp3) is 0.160. The van der Waals surface area contributed by atoms with Gasteiger partial charge in [-0.3, -0.25) is 14.5 Å². The van der Waals surface area contributed by atoms with Gasteiger partial charge in [0.2, 0.25) is 5.76 Å². The Labute approximate surface area is 195 Å². The second kappa shape index (κ2) is 9.79. The Kier molecular flexibility index (Phi) is 6.65. The fourth-order valence-corrected chi connectivity index (χ4v) is 4.13. The zero-order valence-electron chi connectivity index (χ0n) is 18.1. The first kappa shape index (κ1) is 22.4. The highest BCUT2D eigenvalue weighted by molar-refractivity contribution is 8.18. The molecule has 1 aliphatic heterocycles. The summed E-state index contributed by atoms with van der Waals surface area (Å²) in [5, 5.41) is -0.318. The molecule has 1 aliphatic rings. The van der Waals surface area contributed by atoms with Gasteiger partial charge < -0.3 is 13.9 Å². The van der Waals surface area contributed by atoms with Crippen LogP contribution in [0.5, 0.6) is 11.5 Å². The zero-order valence-corrected chi connectivity index (χ0v) is 18.9. The number of thioether (sulfide) groups is 1. The number of imide groups is 1. The van der Waals surface area contributed by atoms with Gasteiger partial charge in [0.05, 0.1) is 24.3 Å². The van der Waals surface area contributed by atoms with E-state index in [1.54, 1.807) is 30.3 Å². The molecule has 2 heterocycles. The predicted molar refractivity (Wildman–Crippen MR) is 124 cm³/mol. The molecule has 2 aromatic carbocycles. The second-order valence-electron chi connectivity index (χ2n) is 7.26. The van der Waals surface area contributed by atoms with Crippen molar-refractivity contribution in [3.05, 3.63) is 88.2 Å². The van der Waals surface area contributed by atoms with Crippen LogP contribution in [0.1, 0.15) is 34.2 Å². The molecule has 33 heavy (non-hydrogen) atoms. The number of benzene rings is 2. The molecule has 0 spiro atoms. The van der Waals surface area contributed by atoms with Crippen LogP contribution in [0, 0.1) is 6.92 Å². The van der Waals surface area contributed by atoms with E-state index in [0.717, 1.165) is 22.9 Å². The van der Waals surface area contributed by atoms with Crippen molar-refractivity contribution in [3.8, 4) is 11.5 Å². The molecule has 1 aromatic heterocycles. The number of hydrogen-bond donors (Lipinski definition) is 0. The first-order chi connectivity index (χ1) is 15.9. The number of esters is 1. The second-order valence-corrected chi connectivity index (χ2v) is 8.26. The smallest absolute Gasteiger partial charge is 0.379 e. The third kappa shape index (κ3) is 5.18. The van der Waals surface area contributed by atoms with E-state index in [1.165, 1.54) is 17.2 Å². The summed E-state index contributed by atoms with van der Waals surface area (Å²) in [6.45, 7) is 4.33. The van der Waals surface area contributed by atoms with E-state index < -0.39 is 5.97 Å². The molecular formula is C25H21NO6S. The molecule has 8 heteroatoms. The molecule has 0 bridgehead atoms. The van der Waals surface area contributed by atoms with Gasteiger partial charge >= 0.3 is 5.97 Å². The Morgan fingerprint density at radius 1 is 1.09 bits per heavy atom. The molecule has 3 aromatic rings. The Balaban J connectivity index is 1.54. The lowest BCUT2D eigenvalue weighted by Crippen LogP contribution is -2.27. The molecule has 0 aliphatic carbocycles. The average molecular weight is 464 g/mol. The lowest BCUT2D eigenvalue weighted by atomic mass is 10.1. The number of aryl methyl sites for hydroxylation is 1. The molecule has 0 radical (unpaired) electrons. The van der Waals surface area contributed by atoms with Gasteiger partial charge in [-0.25, -0.2) is 4.79 Å². The third-order valence-corrected chi connectivity index (χ3v) is 5.69. The third-order valence-electron chi connectivity index (χ3n) is 4.79. The molecule has 4 rings (SSSR count). The number of hydrogen-bond acceptors (Lipinski definition) is 7. The van der Waals surface area contributed by atoms with Crippen LogP contribution in [0.4, 0.5) is 4.79 Å². The molecule has 168 valence electrons. The number of carbonyl (C=O) groups excluding carboxylic acids is 3. The van der Waals surface area contributed by atoms with Crippen molar-refractivity contribution < 1.29 is 28.3 Å². The Bertz CT molecular complexity index is 1230. The summed E-state index contributed by atoms with van der Waals surface area (Å²) < 4.78 is 16.1. The van der Waals surface area contributed by atoms with Crippen molar-refractivity contribution in [2.75, 3.05) is 6.61 Å². The van der Waals surface area contributed by atoms with Crippen LogP contribution in [0.15, 0.2) is 70.2 Å². The standard InChI is InChI=1S/C25H21NO6S/c1-3-30-21-13-17(9-10-19(21)32-24(28)20-8-5-11-31-20)14-22-23(27)26(25(29)33-22)15-18-7-4-6-16(2)12-18/h4-14H,3,15H2,1-2H3/b22-14-. The molecule has 0 atom stereocenters. The van der Waals surface area contributed by atoms with Gasteiger partial charge in [-0.05, 0) is 67.1 Å². The molecular weight excluding hydrogens is 442 g/mol. The topological polar surface area (TPSA) is 86.0 Å². The van der Waals surface area contributed by atoms with E-state index in [9.17, 15) is 14.4 Å². The van der Waals surface area contributed by atoms with Crippen LogP contribution < -0.4 is 9.47 Å². The normalized spacial score (nSPS) is 14.7. The number of ether oxygens (including phenoxy) is 2. The molecule has 1 fully saturated rings. The van der Waals surface area contributed by atoms with E-state index in [4.69, 9.17) is 13.9 Å². The highest BCUT2D eigenvalue weighted by atomic mass is 32.2. The summed E-state index contributed by atoms with van der Waals surface area (Å²) in [6, 6.07) is 15.7. The minimum absolute atomic E-state index is 0.0730. The maximum Gasteiger partial charge on any atom is 0.379 e. The summed E-state index contributed by atoms with van der Waals surface area (Å²) in [7, 11) is 0. The van der Waals surface area contributed by atoms with E-state index in [1.807, 2.05) is 38.1 Å². The summed E-state index contributed by atoms with van der Waals surface area (Å²) in [6.07, 6.45) is 3.01. The van der Waals surface area contributed by atoms with Crippen LogP contribution in [0.3, 0.4) is 0 Å². The highest BCUT2D eigenvalue weighted by Crippen LogP contribution is 2.35. The lowest BCUT2D eigenvalue weighted by Gasteiger charge is -2.13. The van der Waals surface area contributed by atoms with E-state index in [0.29, 0.717) is 22.8 Å². The van der Waals surface area contributed by atoms with E-state index >= 15 is 0 Å². The van der Waals surface area contributed by atoms with Gasteiger partial charge in [-0.1, -0.05) is 35.9 Å². The molecule has 0 unspecified atom stereocenters. The summed E-state index contributed by atoms with van der Waals surface area (Å²) in [5.74, 6) is -0.360. The maximum atomic E-state index is 12.9. The van der Waals surface area contributed by atoms with Gasteiger partial charge in [-0.15, -0.1) is 0 Å². The van der Waals surface area contributed by atoms with Crippen molar-refractivity contribution in [3.63, 3.8) is 0 Å². The number of amides is 2. The largest absolute Gasteiger partial charge is 0.490 e. The SMILES string of the molecule is CCOc1cc(/C=C2\SC(=O)N(Cc3cccc(C)c3)C2=O)ccc1OC(=O)c1ccco1. The van der Waals surface area contributed by atoms with Gasteiger partial charge in [-0.2, -0.15) is 0 Å². The van der Waals surface area contributed by atoms with Crippen LogP contribution in [0.25, 0.3) is 6.08 Å². The van der Waals surface area contributed by atoms with Crippen LogP contribution in [0.2, 0.25) is 0 Å². The van der Waals surface area contributed by atoms with Crippen LogP contribution in [-0.2, 0) is 11.3 Å². The predicted octanol–water partition coefficient (Wildman–Crippen LogP) is 5.44. The number of rotatable bonds is 7. The highest BCUT2D eigenvalue weighted by Gasteiger charge is 2.35. The minimum atomic E-state index is -0.647. The lowest BCUT2D eigenvalue weighted by molar-refractivity contribution is -0.123. The van der Waals surface area contributed by atoms with Gasteiger partial charge in [0, 0.05) is 0 Å². The van der Waals surface area contributed by atoms with Crippen molar-refractivity contribution in [2.24, 2.45) is 0 Å². The van der Waals surface area contributed by atoms with Crippen molar-refractivity contribution >= 4 is 35.0 Å². The molecule has 0 saturated carbocycles. The molecule has 7 nitrogen and oxygen atoms in total. The average Bonchev–Trinajstić information content (AvgIpc) is 3.41. The minimum Gasteiger partial charge on any atom is -0.490 e. The summed E-state index contributed by atoms with van der Waals surface area (Å²) >= 11 is 0.892. The van der Waals surface area contributed by atoms with E-state index in [2.05, 4.69) is 0 Å². The van der Waals surface area contributed by atoms with Gasteiger partial charge in [0.25, 0.3) is 11.1 Å². The fourth-order valence-electron chi connectivity index (χ4n) is 3.29. The zero-order chi connectivity index (χ0) is 23.4. The van der Waals surface area contributed by atoms with Crippen LogP contribution in [-0.4, -0.2) is 28.6 Å². The number of furan rings is 1. The first-order valence-corrected chi connectivity index (χ1v) is 11.1. The monoisotopic (exact) mass is 463 g/mol. The van der Waals surface area contributed by atoms with E-state index in [-0.39, 0.29) is 29.2 Å². The number of carbonyl (C=O) groups is 3. The van der Waals surface area contributed by atoms with Crippen molar-refractivity contribution in [1.82, 2.24) is 4.90 Å². The Morgan fingerprint density at radius 2 is 1.94 bits per heavy atom. The quantitative estimate of drug-likeness (QED) is 0.262. The maximum absolute atomic E-state index is 12.9. The van der Waals surface area contributed by atoms with Crippen LogP contribution >= 0.6 is 11.8 Å². The molecule has 0 N–H and O–H groups in total. The van der Waals surface area contributed by atoms with Crippen molar-refractivity contribution in [1.29, 1.82) is 0 Å². The first-order valence-electron chi connectivity index (χ1n) is 10.3. The van der Waals surface area contributed by atoms with Crippen molar-refractivity contribution in [2.45, 2.75) is 20.4 Å².